The van der Waals surface area contributed by atoms with Crippen LogP contribution < -0.4 is 17.2 Å². The Kier molecular flexibility index (Phi) is 5.50. The van der Waals surface area contributed by atoms with E-state index in [-0.39, 0.29) is 0 Å². The van der Waals surface area contributed by atoms with Gasteiger partial charge < -0.3 is 31.4 Å². The first kappa shape index (κ1) is 13.8. The van der Waals surface area contributed by atoms with Gasteiger partial charge in [0.05, 0.1) is 0 Å². The first-order valence-corrected chi connectivity index (χ1v) is 4.55. The summed E-state index contributed by atoms with van der Waals surface area (Å²) in [5.41, 5.74) is 16.4. The van der Waals surface area contributed by atoms with Crippen LogP contribution in [0.2, 0.25) is 0 Å². The summed E-state index contributed by atoms with van der Waals surface area (Å²) in [6.07, 6.45) is -1.59. The predicted octanol–water partition coefficient (Wildman–Crippen LogP) is -0.376. The van der Waals surface area contributed by atoms with Crippen molar-refractivity contribution in [2.24, 2.45) is 17.2 Å². The standard InChI is InChI=1S/C8H21N3O3/c1-5(9)12-8(4,13-6(2)10)14-7(3)11/h5-7H,9-11H2,1-4H3. The topological polar surface area (TPSA) is 106 Å². The SMILES string of the molecule is CC(N)OC(C)(OC(C)N)OC(C)N. The van der Waals surface area contributed by atoms with Gasteiger partial charge in [-0.2, -0.15) is 0 Å². The molecule has 6 heteroatoms. The zero-order chi connectivity index (χ0) is 11.4. The van der Waals surface area contributed by atoms with Crippen LogP contribution in [0.3, 0.4) is 0 Å². The lowest BCUT2D eigenvalue weighted by atomic mass is 10.5. The summed E-state index contributed by atoms with van der Waals surface area (Å²) in [6.45, 7) is 6.55. The van der Waals surface area contributed by atoms with Crippen molar-refractivity contribution in [3.05, 3.63) is 0 Å². The van der Waals surface area contributed by atoms with E-state index in [9.17, 15) is 0 Å². The summed E-state index contributed by atoms with van der Waals surface area (Å²) < 4.78 is 15.7. The number of hydrogen-bond donors (Lipinski definition) is 3. The fourth-order valence-corrected chi connectivity index (χ4v) is 1.10. The molecule has 3 atom stereocenters. The van der Waals surface area contributed by atoms with Crippen molar-refractivity contribution in [3.8, 4) is 0 Å². The van der Waals surface area contributed by atoms with E-state index in [0.29, 0.717) is 0 Å². The molecule has 0 radical (unpaired) electrons. The average molecular weight is 207 g/mol. The Balaban J connectivity index is 4.32. The van der Waals surface area contributed by atoms with Crippen molar-refractivity contribution in [2.75, 3.05) is 0 Å². The van der Waals surface area contributed by atoms with Gasteiger partial charge in [0.25, 0.3) is 5.97 Å². The van der Waals surface area contributed by atoms with Crippen LogP contribution in [0.15, 0.2) is 0 Å². The maximum Gasteiger partial charge on any atom is 0.284 e. The molecule has 0 saturated heterocycles. The molecule has 0 spiro atoms. The van der Waals surface area contributed by atoms with Gasteiger partial charge >= 0.3 is 0 Å². The van der Waals surface area contributed by atoms with Crippen LogP contribution in [-0.4, -0.2) is 24.7 Å². The van der Waals surface area contributed by atoms with Gasteiger partial charge in [-0.05, 0) is 20.8 Å². The minimum Gasteiger partial charge on any atom is -0.309 e. The lowest BCUT2D eigenvalue weighted by Crippen LogP contribution is -2.48. The molecule has 14 heavy (non-hydrogen) atoms. The monoisotopic (exact) mass is 207 g/mol. The minimum atomic E-state index is -1.31. The first-order chi connectivity index (χ1) is 6.25. The first-order valence-electron chi connectivity index (χ1n) is 4.55. The molecule has 6 N–H and O–H groups in total. The van der Waals surface area contributed by atoms with Gasteiger partial charge in [0.1, 0.15) is 18.7 Å². The Labute approximate surface area is 84.7 Å². The molecule has 0 aliphatic heterocycles. The molecule has 3 unspecified atom stereocenters. The zero-order valence-corrected chi connectivity index (χ0v) is 9.19. The highest BCUT2D eigenvalue weighted by Crippen LogP contribution is 2.17. The van der Waals surface area contributed by atoms with Crippen LogP contribution in [-0.2, 0) is 14.2 Å². The second-order valence-electron chi connectivity index (χ2n) is 3.33. The van der Waals surface area contributed by atoms with Gasteiger partial charge in [0.2, 0.25) is 0 Å². The Bertz CT molecular complexity index is 135. The third kappa shape index (κ3) is 6.25. The maximum absolute atomic E-state index is 5.47. The summed E-state index contributed by atoms with van der Waals surface area (Å²) in [4.78, 5) is 0. The summed E-state index contributed by atoms with van der Waals surface area (Å²) >= 11 is 0. The van der Waals surface area contributed by atoms with E-state index in [4.69, 9.17) is 31.4 Å². The minimum absolute atomic E-state index is 0.530. The predicted molar refractivity (Wildman–Crippen MR) is 52.6 cm³/mol. The highest BCUT2D eigenvalue weighted by Gasteiger charge is 2.31. The Morgan fingerprint density at radius 3 is 1.14 bits per heavy atom. The van der Waals surface area contributed by atoms with E-state index in [1.165, 1.54) is 0 Å². The van der Waals surface area contributed by atoms with Gasteiger partial charge in [0.15, 0.2) is 0 Å². The van der Waals surface area contributed by atoms with Crippen molar-refractivity contribution in [1.82, 2.24) is 0 Å². The largest absolute Gasteiger partial charge is 0.309 e. The maximum atomic E-state index is 5.47. The fourth-order valence-electron chi connectivity index (χ4n) is 1.10. The molecule has 0 rings (SSSR count). The molecule has 0 bridgehead atoms. The van der Waals surface area contributed by atoms with Gasteiger partial charge in [-0.25, -0.2) is 0 Å². The lowest BCUT2D eigenvalue weighted by molar-refractivity contribution is -0.402. The van der Waals surface area contributed by atoms with E-state index in [2.05, 4.69) is 0 Å². The molecule has 6 nitrogen and oxygen atoms in total. The van der Waals surface area contributed by atoms with E-state index in [0.717, 1.165) is 0 Å². The van der Waals surface area contributed by atoms with Crippen molar-refractivity contribution in [1.29, 1.82) is 0 Å². The smallest absolute Gasteiger partial charge is 0.284 e. The average Bonchev–Trinajstić information content (AvgIpc) is 1.76. The normalized spacial score (nSPS) is 22.5. The van der Waals surface area contributed by atoms with Crippen molar-refractivity contribution < 1.29 is 14.2 Å². The van der Waals surface area contributed by atoms with Crippen LogP contribution in [0.4, 0.5) is 0 Å². The molecule has 0 aromatic rings. The second-order valence-corrected chi connectivity index (χ2v) is 3.33. The molecule has 0 saturated carbocycles. The second kappa shape index (κ2) is 5.59. The molecular formula is C8H21N3O3. The van der Waals surface area contributed by atoms with Crippen LogP contribution in [0.5, 0.6) is 0 Å². The van der Waals surface area contributed by atoms with E-state index < -0.39 is 24.7 Å². The van der Waals surface area contributed by atoms with E-state index in [1.807, 2.05) is 0 Å². The summed E-state index contributed by atoms with van der Waals surface area (Å²) in [5.74, 6) is -1.31. The quantitative estimate of drug-likeness (QED) is 0.513. The summed E-state index contributed by atoms with van der Waals surface area (Å²) in [7, 11) is 0. The third-order valence-electron chi connectivity index (χ3n) is 1.20. The molecule has 0 amide bonds. The Morgan fingerprint density at radius 1 is 0.786 bits per heavy atom. The molecule has 0 aromatic carbocycles. The fraction of sp³-hybridized carbons (Fsp3) is 1.00. The van der Waals surface area contributed by atoms with Gasteiger partial charge in [0, 0.05) is 6.92 Å². The molecular weight excluding hydrogens is 186 g/mol. The van der Waals surface area contributed by atoms with Crippen LogP contribution >= 0.6 is 0 Å². The van der Waals surface area contributed by atoms with Gasteiger partial charge in [-0.1, -0.05) is 0 Å². The number of hydrogen-bond acceptors (Lipinski definition) is 6. The summed E-state index contributed by atoms with van der Waals surface area (Å²) in [5, 5.41) is 0. The highest BCUT2D eigenvalue weighted by molar-refractivity contribution is 4.54. The van der Waals surface area contributed by atoms with Gasteiger partial charge in [-0.3, -0.25) is 0 Å². The number of ether oxygens (including phenoxy) is 3. The summed E-state index contributed by atoms with van der Waals surface area (Å²) in [6, 6.07) is 0. The molecule has 0 aliphatic carbocycles. The Morgan fingerprint density at radius 2 is 1.00 bits per heavy atom. The number of rotatable bonds is 6. The van der Waals surface area contributed by atoms with Crippen molar-refractivity contribution in [3.63, 3.8) is 0 Å². The van der Waals surface area contributed by atoms with Gasteiger partial charge in [-0.15, -0.1) is 0 Å². The zero-order valence-electron chi connectivity index (χ0n) is 9.19. The van der Waals surface area contributed by atoms with E-state index in [1.54, 1.807) is 27.7 Å². The third-order valence-corrected chi connectivity index (χ3v) is 1.20. The van der Waals surface area contributed by atoms with E-state index >= 15 is 0 Å². The molecule has 0 fully saturated rings. The van der Waals surface area contributed by atoms with Crippen molar-refractivity contribution >= 4 is 0 Å². The molecule has 0 aliphatic rings. The highest BCUT2D eigenvalue weighted by atomic mass is 16.9. The molecule has 0 aromatic heterocycles. The van der Waals surface area contributed by atoms with Crippen LogP contribution in [0.1, 0.15) is 27.7 Å². The van der Waals surface area contributed by atoms with Crippen molar-refractivity contribution in [2.45, 2.75) is 52.4 Å². The van der Waals surface area contributed by atoms with Crippen LogP contribution in [0.25, 0.3) is 0 Å². The Hall–Kier alpha value is -0.240. The lowest BCUT2D eigenvalue weighted by Gasteiger charge is -2.33. The molecule has 86 valence electrons. The number of nitrogens with two attached hydrogens (primary N) is 3. The van der Waals surface area contributed by atoms with Crippen LogP contribution in [0, 0.1) is 0 Å². The molecule has 0 heterocycles.